The lowest BCUT2D eigenvalue weighted by molar-refractivity contribution is -0.147. The average molecular weight is 301 g/mol. The summed E-state index contributed by atoms with van der Waals surface area (Å²) in [6.45, 7) is 5.97. The molecule has 0 saturated carbocycles. The number of nitrogens with one attached hydrogen (secondary N) is 1. The van der Waals surface area contributed by atoms with Crippen molar-refractivity contribution < 1.29 is 14.7 Å². The monoisotopic (exact) mass is 301 g/mol. The minimum absolute atomic E-state index is 0.132. The van der Waals surface area contributed by atoms with E-state index in [1.807, 2.05) is 45.1 Å². The minimum Gasteiger partial charge on any atom is -0.481 e. The van der Waals surface area contributed by atoms with E-state index in [1.165, 1.54) is 0 Å². The molecule has 1 aromatic carbocycles. The molecule has 22 heavy (non-hydrogen) atoms. The highest BCUT2D eigenvalue weighted by Crippen LogP contribution is 2.27. The highest BCUT2D eigenvalue weighted by atomic mass is 16.4. The van der Waals surface area contributed by atoms with Crippen LogP contribution in [0.15, 0.2) is 30.4 Å². The normalized spacial score (nSPS) is 22.1. The van der Waals surface area contributed by atoms with Crippen LogP contribution >= 0.6 is 0 Å². The van der Waals surface area contributed by atoms with Crippen LogP contribution < -0.4 is 5.32 Å². The highest BCUT2D eigenvalue weighted by molar-refractivity contribution is 5.85. The Morgan fingerprint density at radius 1 is 1.18 bits per heavy atom. The molecule has 1 aliphatic carbocycles. The van der Waals surface area contributed by atoms with Crippen LogP contribution in [0.1, 0.15) is 42.5 Å². The summed E-state index contributed by atoms with van der Waals surface area (Å²) in [6, 6.07) is 6.01. The predicted molar refractivity (Wildman–Crippen MR) is 85.5 cm³/mol. The second-order valence-corrected chi connectivity index (χ2v) is 6.08. The third-order valence-corrected chi connectivity index (χ3v) is 4.35. The van der Waals surface area contributed by atoms with Gasteiger partial charge in [-0.1, -0.05) is 35.9 Å². The van der Waals surface area contributed by atoms with Crippen LogP contribution in [-0.4, -0.2) is 17.0 Å². The third-order valence-electron chi connectivity index (χ3n) is 4.35. The SMILES string of the molecule is Cc1ccc(C)c([C@H](C)NC(=O)[C@H]2CC=CC[C@H]2C(=O)O)c1. The second kappa shape index (κ2) is 6.77. The van der Waals surface area contributed by atoms with E-state index in [2.05, 4.69) is 11.4 Å². The zero-order chi connectivity index (χ0) is 16.3. The number of hydrogen-bond donors (Lipinski definition) is 2. The van der Waals surface area contributed by atoms with Crippen molar-refractivity contribution in [3.8, 4) is 0 Å². The van der Waals surface area contributed by atoms with Crippen LogP contribution in [0.3, 0.4) is 0 Å². The molecule has 0 fully saturated rings. The van der Waals surface area contributed by atoms with Crippen LogP contribution in [-0.2, 0) is 9.59 Å². The molecular weight excluding hydrogens is 278 g/mol. The number of carboxylic acid groups (broad SMARTS) is 1. The molecule has 2 rings (SSSR count). The highest BCUT2D eigenvalue weighted by Gasteiger charge is 2.34. The Labute approximate surface area is 131 Å². The van der Waals surface area contributed by atoms with E-state index in [-0.39, 0.29) is 11.9 Å². The zero-order valence-corrected chi connectivity index (χ0v) is 13.3. The second-order valence-electron chi connectivity index (χ2n) is 6.08. The van der Waals surface area contributed by atoms with Gasteiger partial charge in [-0.05, 0) is 44.7 Å². The number of carbonyl (C=O) groups is 2. The molecule has 4 nitrogen and oxygen atoms in total. The molecule has 3 atom stereocenters. The lowest BCUT2D eigenvalue weighted by atomic mass is 9.82. The summed E-state index contributed by atoms with van der Waals surface area (Å²) in [7, 11) is 0. The summed E-state index contributed by atoms with van der Waals surface area (Å²) >= 11 is 0. The standard InChI is InChI=1S/C18H23NO3/c1-11-8-9-12(2)16(10-11)13(3)19-17(20)14-6-4-5-7-15(14)18(21)22/h4-5,8-10,13-15H,6-7H2,1-3H3,(H,19,20)(H,21,22)/t13-,14-,15+/m0/s1. The molecule has 118 valence electrons. The molecule has 1 aromatic rings. The van der Waals surface area contributed by atoms with Gasteiger partial charge in [-0.25, -0.2) is 0 Å². The van der Waals surface area contributed by atoms with Crippen LogP contribution in [0.2, 0.25) is 0 Å². The minimum atomic E-state index is -0.899. The van der Waals surface area contributed by atoms with Crippen LogP contribution in [0.5, 0.6) is 0 Å². The molecule has 0 bridgehead atoms. The molecule has 0 heterocycles. The number of carboxylic acids is 1. The Kier molecular flexibility index (Phi) is 5.01. The van der Waals surface area contributed by atoms with E-state index < -0.39 is 17.8 Å². The number of aryl methyl sites for hydroxylation is 2. The number of allylic oxidation sites excluding steroid dienone is 2. The first-order valence-electron chi connectivity index (χ1n) is 7.65. The van der Waals surface area contributed by atoms with E-state index in [0.29, 0.717) is 12.8 Å². The van der Waals surface area contributed by atoms with Crippen molar-refractivity contribution in [1.82, 2.24) is 5.32 Å². The smallest absolute Gasteiger partial charge is 0.307 e. The number of aliphatic carboxylic acids is 1. The number of rotatable bonds is 4. The molecule has 0 saturated heterocycles. The fourth-order valence-corrected chi connectivity index (χ4v) is 3.00. The van der Waals surface area contributed by atoms with E-state index >= 15 is 0 Å². The molecule has 0 aliphatic heterocycles. The summed E-state index contributed by atoms with van der Waals surface area (Å²) in [6.07, 6.45) is 4.65. The van der Waals surface area contributed by atoms with Gasteiger partial charge in [-0.2, -0.15) is 0 Å². The van der Waals surface area contributed by atoms with Gasteiger partial charge in [-0.3, -0.25) is 9.59 Å². The Morgan fingerprint density at radius 3 is 2.45 bits per heavy atom. The fourth-order valence-electron chi connectivity index (χ4n) is 3.00. The molecule has 0 unspecified atom stereocenters. The van der Waals surface area contributed by atoms with Crippen molar-refractivity contribution in [2.75, 3.05) is 0 Å². The molecule has 0 spiro atoms. The number of amides is 1. The van der Waals surface area contributed by atoms with E-state index in [0.717, 1.165) is 16.7 Å². The summed E-state index contributed by atoms with van der Waals surface area (Å²) in [4.78, 5) is 23.8. The quantitative estimate of drug-likeness (QED) is 0.840. The lowest BCUT2D eigenvalue weighted by Gasteiger charge is -2.26. The van der Waals surface area contributed by atoms with Gasteiger partial charge in [0.05, 0.1) is 17.9 Å². The maximum Gasteiger partial charge on any atom is 0.307 e. The van der Waals surface area contributed by atoms with Crippen molar-refractivity contribution in [2.45, 2.75) is 39.7 Å². The van der Waals surface area contributed by atoms with E-state index in [1.54, 1.807) is 0 Å². The van der Waals surface area contributed by atoms with E-state index in [4.69, 9.17) is 0 Å². The van der Waals surface area contributed by atoms with Crippen LogP contribution in [0.25, 0.3) is 0 Å². The molecule has 0 aromatic heterocycles. The number of benzene rings is 1. The molecule has 1 aliphatic rings. The van der Waals surface area contributed by atoms with Gasteiger partial charge in [0, 0.05) is 0 Å². The van der Waals surface area contributed by atoms with Crippen molar-refractivity contribution in [1.29, 1.82) is 0 Å². The fraction of sp³-hybridized carbons (Fsp3) is 0.444. The summed E-state index contributed by atoms with van der Waals surface area (Å²) in [5, 5.41) is 12.3. The van der Waals surface area contributed by atoms with Crippen LogP contribution in [0.4, 0.5) is 0 Å². The summed E-state index contributed by atoms with van der Waals surface area (Å²) in [5.41, 5.74) is 3.34. The Bertz CT molecular complexity index is 606. The van der Waals surface area contributed by atoms with Crippen molar-refractivity contribution in [3.63, 3.8) is 0 Å². The van der Waals surface area contributed by atoms with Gasteiger partial charge >= 0.3 is 5.97 Å². The Balaban J connectivity index is 2.12. The van der Waals surface area contributed by atoms with Gasteiger partial charge in [0.15, 0.2) is 0 Å². The largest absolute Gasteiger partial charge is 0.481 e. The average Bonchev–Trinajstić information content (AvgIpc) is 2.49. The summed E-state index contributed by atoms with van der Waals surface area (Å²) < 4.78 is 0. The van der Waals surface area contributed by atoms with Crippen molar-refractivity contribution >= 4 is 11.9 Å². The van der Waals surface area contributed by atoms with Gasteiger partial charge in [0.2, 0.25) is 5.91 Å². The van der Waals surface area contributed by atoms with Crippen molar-refractivity contribution in [2.24, 2.45) is 11.8 Å². The van der Waals surface area contributed by atoms with Gasteiger partial charge < -0.3 is 10.4 Å². The Hall–Kier alpha value is -2.10. The summed E-state index contributed by atoms with van der Waals surface area (Å²) in [5.74, 6) is -2.19. The van der Waals surface area contributed by atoms with Gasteiger partial charge in [0.1, 0.15) is 0 Å². The lowest BCUT2D eigenvalue weighted by Crippen LogP contribution is -2.39. The molecule has 0 radical (unpaired) electrons. The molecule has 1 amide bonds. The van der Waals surface area contributed by atoms with Gasteiger partial charge in [0.25, 0.3) is 0 Å². The molecular formula is C18H23NO3. The molecule has 4 heteroatoms. The topological polar surface area (TPSA) is 66.4 Å². The maximum atomic E-state index is 12.5. The Morgan fingerprint density at radius 2 is 1.82 bits per heavy atom. The predicted octanol–water partition coefficient (Wildman–Crippen LogP) is 3.15. The first kappa shape index (κ1) is 16.3. The first-order chi connectivity index (χ1) is 10.4. The van der Waals surface area contributed by atoms with Crippen molar-refractivity contribution in [3.05, 3.63) is 47.0 Å². The van der Waals surface area contributed by atoms with Crippen LogP contribution in [0, 0.1) is 25.7 Å². The third kappa shape index (κ3) is 3.56. The molecule has 2 N–H and O–H groups in total. The zero-order valence-electron chi connectivity index (χ0n) is 13.3. The number of carbonyl (C=O) groups excluding carboxylic acids is 1. The van der Waals surface area contributed by atoms with E-state index in [9.17, 15) is 14.7 Å². The maximum absolute atomic E-state index is 12.5. The van der Waals surface area contributed by atoms with Gasteiger partial charge in [-0.15, -0.1) is 0 Å². The first-order valence-corrected chi connectivity index (χ1v) is 7.65. The number of hydrogen-bond acceptors (Lipinski definition) is 2.